The third-order valence-corrected chi connectivity index (χ3v) is 5.05. The van der Waals surface area contributed by atoms with Crippen LogP contribution < -0.4 is 16.1 Å². The smallest absolute Gasteiger partial charge is 0.256 e. The molecule has 0 aliphatic rings. The van der Waals surface area contributed by atoms with Crippen LogP contribution in [0.2, 0.25) is 0 Å². The molecule has 0 aliphatic carbocycles. The molecule has 160 valence electrons. The van der Waals surface area contributed by atoms with Gasteiger partial charge >= 0.3 is 0 Å². The quantitative estimate of drug-likeness (QED) is 0.591. The van der Waals surface area contributed by atoms with Gasteiger partial charge in [-0.3, -0.25) is 14.4 Å². The minimum Gasteiger partial charge on any atom is -0.352 e. The van der Waals surface area contributed by atoms with Crippen LogP contribution in [0, 0.1) is 0 Å². The van der Waals surface area contributed by atoms with E-state index in [2.05, 4.69) is 10.6 Å². The lowest BCUT2D eigenvalue weighted by molar-refractivity contribution is 0.0949. The Balaban J connectivity index is 1.87. The van der Waals surface area contributed by atoms with Crippen molar-refractivity contribution in [2.45, 2.75) is 26.3 Å². The molecule has 2 amide bonds. The van der Waals surface area contributed by atoms with Gasteiger partial charge < -0.3 is 15.2 Å². The van der Waals surface area contributed by atoms with E-state index < -0.39 is 17.2 Å². The van der Waals surface area contributed by atoms with E-state index in [0.717, 1.165) is 11.1 Å². The summed E-state index contributed by atoms with van der Waals surface area (Å²) in [5.74, 6) is -0.884. The molecule has 3 rings (SSSR count). The fourth-order valence-electron chi connectivity index (χ4n) is 3.34. The summed E-state index contributed by atoms with van der Waals surface area (Å²) >= 11 is 0. The van der Waals surface area contributed by atoms with Gasteiger partial charge in [0.05, 0.1) is 0 Å². The van der Waals surface area contributed by atoms with Crippen molar-refractivity contribution in [1.82, 2.24) is 15.2 Å². The number of carbonyl (C=O) groups excluding carboxylic acids is 2. The average molecular weight is 418 g/mol. The van der Waals surface area contributed by atoms with Crippen LogP contribution in [-0.4, -0.2) is 29.5 Å². The molecule has 0 radical (unpaired) electrons. The highest BCUT2D eigenvalue weighted by Gasteiger charge is 2.19. The van der Waals surface area contributed by atoms with Crippen molar-refractivity contribution < 1.29 is 9.59 Å². The van der Waals surface area contributed by atoms with Gasteiger partial charge in [-0.25, -0.2) is 0 Å². The molecule has 0 spiro atoms. The molecule has 6 heteroatoms. The maximum absolute atomic E-state index is 12.9. The summed E-state index contributed by atoms with van der Waals surface area (Å²) < 4.78 is 1.71. The fraction of sp³-hybridized carbons (Fsp3) is 0.240. The number of aromatic nitrogens is 1. The van der Waals surface area contributed by atoms with Crippen LogP contribution in [-0.2, 0) is 6.54 Å². The minimum atomic E-state index is -0.569. The SMILES string of the molecule is CCNC(=O)c1cn(Cc2ccccc2)cc(C(=O)NC[C@@H](C)c2ccccc2)c1=O. The first-order chi connectivity index (χ1) is 15.0. The van der Waals surface area contributed by atoms with E-state index >= 15 is 0 Å². The zero-order valence-electron chi connectivity index (χ0n) is 17.8. The Labute approximate surface area is 181 Å². The van der Waals surface area contributed by atoms with Gasteiger partial charge in [0.1, 0.15) is 11.1 Å². The Bertz CT molecular complexity index is 1090. The Kier molecular flexibility index (Phi) is 7.38. The number of amides is 2. The van der Waals surface area contributed by atoms with Crippen molar-refractivity contribution in [2.75, 3.05) is 13.1 Å². The molecule has 0 unspecified atom stereocenters. The van der Waals surface area contributed by atoms with E-state index in [1.54, 1.807) is 11.5 Å². The van der Waals surface area contributed by atoms with Gasteiger partial charge in [-0.2, -0.15) is 0 Å². The van der Waals surface area contributed by atoms with Crippen LogP contribution in [0.15, 0.2) is 77.9 Å². The van der Waals surface area contributed by atoms with Gasteiger partial charge in [-0.05, 0) is 24.0 Å². The van der Waals surface area contributed by atoms with Crippen molar-refractivity contribution in [2.24, 2.45) is 0 Å². The van der Waals surface area contributed by atoms with Crippen molar-refractivity contribution in [3.63, 3.8) is 0 Å². The third-order valence-electron chi connectivity index (χ3n) is 5.05. The molecule has 1 aromatic heterocycles. The first-order valence-corrected chi connectivity index (χ1v) is 10.4. The molecular weight excluding hydrogens is 390 g/mol. The molecule has 1 atom stereocenters. The van der Waals surface area contributed by atoms with E-state index in [1.807, 2.05) is 67.6 Å². The second-order valence-corrected chi connectivity index (χ2v) is 7.45. The molecule has 2 aromatic carbocycles. The molecule has 3 aromatic rings. The predicted molar refractivity (Wildman–Crippen MR) is 121 cm³/mol. The van der Waals surface area contributed by atoms with Gasteiger partial charge in [0, 0.05) is 32.0 Å². The van der Waals surface area contributed by atoms with Crippen molar-refractivity contribution >= 4 is 11.8 Å². The van der Waals surface area contributed by atoms with Gasteiger partial charge in [-0.1, -0.05) is 67.6 Å². The summed E-state index contributed by atoms with van der Waals surface area (Å²) in [6.07, 6.45) is 3.02. The number of nitrogens with one attached hydrogen (secondary N) is 2. The van der Waals surface area contributed by atoms with Crippen LogP contribution in [0.25, 0.3) is 0 Å². The number of nitrogens with zero attached hydrogens (tertiary/aromatic N) is 1. The van der Waals surface area contributed by atoms with Crippen LogP contribution >= 0.6 is 0 Å². The van der Waals surface area contributed by atoms with Crippen LogP contribution in [0.1, 0.15) is 51.6 Å². The lowest BCUT2D eigenvalue weighted by Gasteiger charge is -2.15. The number of hydrogen-bond donors (Lipinski definition) is 2. The number of rotatable bonds is 8. The molecule has 0 saturated heterocycles. The summed E-state index contributed by atoms with van der Waals surface area (Å²) in [5.41, 5.74) is 1.44. The van der Waals surface area contributed by atoms with Gasteiger partial charge in [0.25, 0.3) is 11.8 Å². The van der Waals surface area contributed by atoms with Crippen molar-refractivity contribution in [3.05, 3.63) is 106 Å². The standard InChI is InChI=1S/C25H27N3O3/c1-3-26-24(30)21-16-28(15-19-10-6-4-7-11-19)17-22(23(21)29)25(31)27-14-18(2)20-12-8-5-9-13-20/h4-13,16-18H,3,14-15H2,1-2H3,(H,26,30)(H,27,31)/t18-/m1/s1. The molecule has 0 aliphatic heterocycles. The maximum Gasteiger partial charge on any atom is 0.256 e. The van der Waals surface area contributed by atoms with Crippen LogP contribution in [0.4, 0.5) is 0 Å². The van der Waals surface area contributed by atoms with E-state index in [1.165, 1.54) is 12.4 Å². The average Bonchev–Trinajstić information content (AvgIpc) is 2.79. The second kappa shape index (κ2) is 10.4. The molecule has 6 nitrogen and oxygen atoms in total. The summed E-state index contributed by atoms with van der Waals surface area (Å²) in [5, 5.41) is 5.49. The fourth-order valence-corrected chi connectivity index (χ4v) is 3.34. The zero-order chi connectivity index (χ0) is 22.2. The zero-order valence-corrected chi connectivity index (χ0v) is 17.8. The first-order valence-electron chi connectivity index (χ1n) is 10.4. The first kappa shape index (κ1) is 22.0. The monoisotopic (exact) mass is 417 g/mol. The van der Waals surface area contributed by atoms with E-state index in [0.29, 0.717) is 19.6 Å². The molecule has 1 heterocycles. The number of hydrogen-bond acceptors (Lipinski definition) is 3. The molecule has 31 heavy (non-hydrogen) atoms. The summed E-state index contributed by atoms with van der Waals surface area (Å²) in [6.45, 7) is 5.00. The Morgan fingerprint density at radius 1 is 0.871 bits per heavy atom. The molecular formula is C25H27N3O3. The highest BCUT2D eigenvalue weighted by atomic mass is 16.2. The van der Waals surface area contributed by atoms with Crippen molar-refractivity contribution in [1.29, 1.82) is 0 Å². The van der Waals surface area contributed by atoms with E-state index in [4.69, 9.17) is 0 Å². The highest BCUT2D eigenvalue weighted by molar-refractivity contribution is 5.99. The van der Waals surface area contributed by atoms with Crippen molar-refractivity contribution in [3.8, 4) is 0 Å². The van der Waals surface area contributed by atoms with Gasteiger partial charge in [0.15, 0.2) is 0 Å². The highest BCUT2D eigenvalue weighted by Crippen LogP contribution is 2.13. The Morgan fingerprint density at radius 3 is 2.00 bits per heavy atom. The molecule has 0 bridgehead atoms. The summed E-state index contributed by atoms with van der Waals surface area (Å²) in [7, 11) is 0. The Morgan fingerprint density at radius 2 is 1.42 bits per heavy atom. The largest absolute Gasteiger partial charge is 0.352 e. The maximum atomic E-state index is 12.9. The van der Waals surface area contributed by atoms with Gasteiger partial charge in [-0.15, -0.1) is 0 Å². The number of carbonyl (C=O) groups is 2. The normalized spacial score (nSPS) is 11.5. The lowest BCUT2D eigenvalue weighted by Crippen LogP contribution is -2.36. The second-order valence-electron chi connectivity index (χ2n) is 7.45. The minimum absolute atomic E-state index is 0.0402. The van der Waals surface area contributed by atoms with Gasteiger partial charge in [0.2, 0.25) is 5.43 Å². The predicted octanol–water partition coefficient (Wildman–Crippen LogP) is 3.18. The number of pyridine rings is 1. The summed E-state index contributed by atoms with van der Waals surface area (Å²) in [6, 6.07) is 19.5. The van der Waals surface area contributed by atoms with Crippen LogP contribution in [0.5, 0.6) is 0 Å². The topological polar surface area (TPSA) is 80.2 Å². The van der Waals surface area contributed by atoms with Crippen LogP contribution in [0.3, 0.4) is 0 Å². The summed E-state index contributed by atoms with van der Waals surface area (Å²) in [4.78, 5) is 38.2. The Hall–Kier alpha value is -3.67. The lowest BCUT2D eigenvalue weighted by atomic mass is 10.0. The molecule has 2 N–H and O–H groups in total. The number of benzene rings is 2. The van der Waals surface area contributed by atoms with E-state index in [9.17, 15) is 14.4 Å². The molecule has 0 saturated carbocycles. The third kappa shape index (κ3) is 5.69. The van der Waals surface area contributed by atoms with E-state index in [-0.39, 0.29) is 17.0 Å². The molecule has 0 fully saturated rings.